The molecule has 21 heavy (non-hydrogen) atoms. The predicted octanol–water partition coefficient (Wildman–Crippen LogP) is 2.86. The summed E-state index contributed by atoms with van der Waals surface area (Å²) in [6, 6.07) is 5.19. The number of carbonyl (C=O) groups is 1. The highest BCUT2D eigenvalue weighted by molar-refractivity contribution is 6.39. The normalized spacial score (nSPS) is 19.5. The van der Waals surface area contributed by atoms with E-state index in [1.807, 2.05) is 7.05 Å². The Morgan fingerprint density at radius 1 is 1.38 bits per heavy atom. The van der Waals surface area contributed by atoms with Crippen LogP contribution in [0.2, 0.25) is 10.0 Å². The van der Waals surface area contributed by atoms with Gasteiger partial charge in [-0.1, -0.05) is 29.3 Å². The molecular formula is C15H21Cl2N3O. The minimum atomic E-state index is -0.0740. The number of rotatable bonds is 5. The van der Waals surface area contributed by atoms with Crippen LogP contribution in [0.15, 0.2) is 18.2 Å². The van der Waals surface area contributed by atoms with Gasteiger partial charge in [0.15, 0.2) is 0 Å². The van der Waals surface area contributed by atoms with E-state index >= 15 is 0 Å². The molecule has 1 amide bonds. The van der Waals surface area contributed by atoms with Crippen molar-refractivity contribution in [3.05, 3.63) is 28.2 Å². The average Bonchev–Trinajstić information content (AvgIpc) is 2.44. The fraction of sp³-hybridized carbons (Fsp3) is 0.533. The number of para-hydroxylation sites is 1. The second-order valence-corrected chi connectivity index (χ2v) is 6.26. The van der Waals surface area contributed by atoms with E-state index < -0.39 is 0 Å². The van der Waals surface area contributed by atoms with E-state index in [9.17, 15) is 4.79 Å². The van der Waals surface area contributed by atoms with Crippen molar-refractivity contribution in [2.75, 3.05) is 38.5 Å². The zero-order chi connectivity index (χ0) is 15.2. The molecule has 1 aliphatic rings. The summed E-state index contributed by atoms with van der Waals surface area (Å²) in [7, 11) is 1.96. The Hall–Kier alpha value is -0.810. The molecule has 0 aliphatic carbocycles. The van der Waals surface area contributed by atoms with Gasteiger partial charge >= 0.3 is 0 Å². The van der Waals surface area contributed by atoms with Crippen LogP contribution in [0.5, 0.6) is 0 Å². The molecule has 116 valence electrons. The molecule has 6 heteroatoms. The quantitative estimate of drug-likeness (QED) is 0.873. The Bertz CT molecular complexity index is 474. The van der Waals surface area contributed by atoms with E-state index in [4.69, 9.17) is 23.2 Å². The van der Waals surface area contributed by atoms with Crippen molar-refractivity contribution in [2.24, 2.45) is 5.92 Å². The lowest BCUT2D eigenvalue weighted by Gasteiger charge is -2.32. The number of benzene rings is 1. The Balaban J connectivity index is 1.89. The number of halogens is 2. The molecule has 1 saturated heterocycles. The van der Waals surface area contributed by atoms with Crippen LogP contribution >= 0.6 is 23.2 Å². The predicted molar refractivity (Wildman–Crippen MR) is 88.2 cm³/mol. The molecule has 0 aromatic heterocycles. The Labute approximate surface area is 135 Å². The van der Waals surface area contributed by atoms with E-state index in [-0.39, 0.29) is 5.91 Å². The summed E-state index contributed by atoms with van der Waals surface area (Å²) in [6.45, 7) is 3.28. The van der Waals surface area contributed by atoms with Gasteiger partial charge in [0.2, 0.25) is 5.91 Å². The first-order valence-corrected chi connectivity index (χ1v) is 7.96. The monoisotopic (exact) mass is 329 g/mol. The Morgan fingerprint density at radius 3 is 2.76 bits per heavy atom. The highest BCUT2D eigenvalue weighted by atomic mass is 35.5. The number of nitrogens with zero attached hydrogens (tertiary/aromatic N) is 1. The van der Waals surface area contributed by atoms with Gasteiger partial charge in [0.25, 0.3) is 0 Å². The molecule has 4 nitrogen and oxygen atoms in total. The van der Waals surface area contributed by atoms with Gasteiger partial charge in [-0.15, -0.1) is 0 Å². The lowest BCUT2D eigenvalue weighted by Crippen LogP contribution is -2.42. The number of piperidine rings is 1. The molecule has 1 unspecified atom stereocenters. The van der Waals surface area contributed by atoms with Gasteiger partial charge in [0.1, 0.15) is 0 Å². The molecule has 1 fully saturated rings. The fourth-order valence-electron chi connectivity index (χ4n) is 2.75. The standard InChI is InChI=1S/C15H21Cl2N3O/c1-18-8-11-4-3-7-20(9-11)10-14(21)19-15-12(16)5-2-6-13(15)17/h2,5-6,11,18H,3-4,7-10H2,1H3,(H,19,21). The molecule has 1 atom stereocenters. The first-order valence-electron chi connectivity index (χ1n) is 7.21. The van der Waals surface area contributed by atoms with Crippen molar-refractivity contribution in [3.8, 4) is 0 Å². The molecule has 1 aromatic carbocycles. The average molecular weight is 330 g/mol. The zero-order valence-electron chi connectivity index (χ0n) is 12.2. The third-order valence-electron chi connectivity index (χ3n) is 3.69. The lowest BCUT2D eigenvalue weighted by molar-refractivity contribution is -0.117. The van der Waals surface area contributed by atoms with Crippen LogP contribution < -0.4 is 10.6 Å². The number of anilines is 1. The van der Waals surface area contributed by atoms with Crippen molar-refractivity contribution < 1.29 is 4.79 Å². The van der Waals surface area contributed by atoms with Crippen molar-refractivity contribution in [2.45, 2.75) is 12.8 Å². The van der Waals surface area contributed by atoms with Crippen LogP contribution in [0.3, 0.4) is 0 Å². The highest BCUT2D eigenvalue weighted by Gasteiger charge is 2.21. The molecule has 1 aliphatic heterocycles. The van der Waals surface area contributed by atoms with Crippen LogP contribution in [0, 0.1) is 5.92 Å². The molecule has 2 rings (SSSR count). The molecule has 0 radical (unpaired) electrons. The van der Waals surface area contributed by atoms with Gasteiger partial charge < -0.3 is 10.6 Å². The van der Waals surface area contributed by atoms with Crippen molar-refractivity contribution in [3.63, 3.8) is 0 Å². The van der Waals surface area contributed by atoms with Gasteiger partial charge in [-0.25, -0.2) is 0 Å². The number of amides is 1. The largest absolute Gasteiger partial charge is 0.322 e. The molecule has 0 bridgehead atoms. The summed E-state index contributed by atoms with van der Waals surface area (Å²) in [5.74, 6) is 0.538. The van der Waals surface area contributed by atoms with Crippen molar-refractivity contribution in [1.29, 1.82) is 0 Å². The summed E-state index contributed by atoms with van der Waals surface area (Å²) in [6.07, 6.45) is 2.35. The SMILES string of the molecule is CNCC1CCCN(CC(=O)Nc2c(Cl)cccc2Cl)C1. The fourth-order valence-corrected chi connectivity index (χ4v) is 3.24. The van der Waals surface area contributed by atoms with Crippen molar-refractivity contribution in [1.82, 2.24) is 10.2 Å². The van der Waals surface area contributed by atoms with E-state index in [2.05, 4.69) is 15.5 Å². The maximum absolute atomic E-state index is 12.2. The van der Waals surface area contributed by atoms with Crippen LogP contribution in [-0.2, 0) is 4.79 Å². The zero-order valence-corrected chi connectivity index (χ0v) is 13.7. The second-order valence-electron chi connectivity index (χ2n) is 5.45. The van der Waals surface area contributed by atoms with E-state index in [1.165, 1.54) is 6.42 Å². The summed E-state index contributed by atoms with van der Waals surface area (Å²) in [4.78, 5) is 14.4. The lowest BCUT2D eigenvalue weighted by atomic mass is 9.98. The van der Waals surface area contributed by atoms with Crippen LogP contribution in [0.1, 0.15) is 12.8 Å². The number of nitrogens with one attached hydrogen (secondary N) is 2. The maximum atomic E-state index is 12.2. The molecule has 2 N–H and O–H groups in total. The van der Waals surface area contributed by atoms with Crippen LogP contribution in [-0.4, -0.2) is 44.0 Å². The number of carbonyl (C=O) groups excluding carboxylic acids is 1. The maximum Gasteiger partial charge on any atom is 0.238 e. The van der Waals surface area contributed by atoms with Gasteiger partial charge in [-0.2, -0.15) is 0 Å². The van der Waals surface area contributed by atoms with E-state index in [1.54, 1.807) is 18.2 Å². The second kappa shape index (κ2) is 7.99. The molecular weight excluding hydrogens is 309 g/mol. The number of hydrogen-bond donors (Lipinski definition) is 2. The third kappa shape index (κ3) is 4.85. The number of likely N-dealkylation sites (tertiary alicyclic amines) is 1. The summed E-state index contributed by atoms with van der Waals surface area (Å²) in [5.41, 5.74) is 0.495. The summed E-state index contributed by atoms with van der Waals surface area (Å²) >= 11 is 12.1. The first kappa shape index (κ1) is 16.6. The van der Waals surface area contributed by atoms with Gasteiger partial charge in [-0.3, -0.25) is 9.69 Å². The molecule has 0 spiro atoms. The summed E-state index contributed by atoms with van der Waals surface area (Å²) in [5, 5.41) is 6.94. The molecule has 0 saturated carbocycles. The van der Waals surface area contributed by atoms with E-state index in [0.717, 1.165) is 26.1 Å². The number of hydrogen-bond acceptors (Lipinski definition) is 3. The van der Waals surface area contributed by atoms with E-state index in [0.29, 0.717) is 28.2 Å². The molecule has 1 heterocycles. The van der Waals surface area contributed by atoms with Crippen molar-refractivity contribution >= 4 is 34.8 Å². The van der Waals surface area contributed by atoms with Gasteiger partial charge in [0.05, 0.1) is 22.3 Å². The topological polar surface area (TPSA) is 44.4 Å². The van der Waals surface area contributed by atoms with Gasteiger partial charge in [0, 0.05) is 6.54 Å². The summed E-state index contributed by atoms with van der Waals surface area (Å²) < 4.78 is 0. The molecule has 1 aromatic rings. The Kier molecular flexibility index (Phi) is 6.30. The minimum absolute atomic E-state index is 0.0740. The minimum Gasteiger partial charge on any atom is -0.322 e. The van der Waals surface area contributed by atoms with Crippen LogP contribution in [0.25, 0.3) is 0 Å². The first-order chi connectivity index (χ1) is 10.1. The van der Waals surface area contributed by atoms with Gasteiger partial charge in [-0.05, 0) is 51.0 Å². The Morgan fingerprint density at radius 2 is 2.10 bits per heavy atom. The third-order valence-corrected chi connectivity index (χ3v) is 4.32. The highest BCUT2D eigenvalue weighted by Crippen LogP contribution is 2.29. The smallest absolute Gasteiger partial charge is 0.238 e. The van der Waals surface area contributed by atoms with Crippen LogP contribution in [0.4, 0.5) is 5.69 Å².